The van der Waals surface area contributed by atoms with Crippen LogP contribution in [0.3, 0.4) is 0 Å². The summed E-state index contributed by atoms with van der Waals surface area (Å²) in [5, 5.41) is 7.23. The molecule has 3 heterocycles. The number of amides is 1. The molecular formula is C22H19N5OS. The minimum Gasteiger partial charge on any atom is -0.383 e. The van der Waals surface area contributed by atoms with Gasteiger partial charge in [-0.25, -0.2) is 9.97 Å². The van der Waals surface area contributed by atoms with Crippen molar-refractivity contribution in [3.8, 4) is 11.8 Å². The molecule has 0 aliphatic rings. The largest absolute Gasteiger partial charge is 0.383 e. The molecule has 1 amide bonds. The highest BCUT2D eigenvalue weighted by molar-refractivity contribution is 7.07. The third kappa shape index (κ3) is 3.84. The number of hydrogen-bond donors (Lipinski definition) is 2. The van der Waals surface area contributed by atoms with Crippen LogP contribution < -0.4 is 11.1 Å². The molecule has 3 N–H and O–H groups in total. The van der Waals surface area contributed by atoms with Gasteiger partial charge in [0.05, 0.1) is 10.9 Å². The maximum Gasteiger partial charge on any atom is 0.251 e. The van der Waals surface area contributed by atoms with Crippen LogP contribution in [0.15, 0.2) is 47.5 Å². The number of hydrogen-bond acceptors (Lipinski definition) is 5. The van der Waals surface area contributed by atoms with Gasteiger partial charge >= 0.3 is 0 Å². The molecule has 0 aliphatic carbocycles. The van der Waals surface area contributed by atoms with Crippen molar-refractivity contribution < 1.29 is 8.91 Å². The Morgan fingerprint density at radius 3 is 2.97 bits per heavy atom. The van der Waals surface area contributed by atoms with E-state index < -0.39 is 6.98 Å². The van der Waals surface area contributed by atoms with Crippen molar-refractivity contribution in [3.05, 3.63) is 75.4 Å². The summed E-state index contributed by atoms with van der Waals surface area (Å²) in [6, 6.07) is 7.25. The second kappa shape index (κ2) is 7.78. The van der Waals surface area contributed by atoms with E-state index in [2.05, 4.69) is 27.1 Å². The molecule has 0 unspecified atom stereocenters. The van der Waals surface area contributed by atoms with Gasteiger partial charge in [-0.1, -0.05) is 17.9 Å². The summed E-state index contributed by atoms with van der Waals surface area (Å²) in [5.41, 5.74) is 9.65. The molecule has 144 valence electrons. The highest BCUT2D eigenvalue weighted by Crippen LogP contribution is 2.22. The zero-order valence-corrected chi connectivity index (χ0v) is 16.4. The van der Waals surface area contributed by atoms with E-state index in [0.29, 0.717) is 28.6 Å². The van der Waals surface area contributed by atoms with E-state index in [9.17, 15) is 4.79 Å². The fraction of sp³-hybridized carbons (Fsp3) is 0.136. The van der Waals surface area contributed by atoms with Gasteiger partial charge in [0.25, 0.3) is 5.91 Å². The Hall–Kier alpha value is -3.63. The van der Waals surface area contributed by atoms with Gasteiger partial charge < -0.3 is 15.6 Å². The van der Waals surface area contributed by atoms with Crippen LogP contribution in [0.5, 0.6) is 0 Å². The molecule has 0 atom stereocenters. The van der Waals surface area contributed by atoms with E-state index in [0.717, 1.165) is 15.7 Å². The molecule has 3 aromatic heterocycles. The number of rotatable bonds is 3. The van der Waals surface area contributed by atoms with Crippen LogP contribution >= 0.6 is 11.3 Å². The molecule has 6 nitrogen and oxygen atoms in total. The average molecular weight is 405 g/mol. The number of benzene rings is 1. The number of fused-ring (bicyclic) bond motifs is 1. The summed E-state index contributed by atoms with van der Waals surface area (Å²) >= 11 is 1.58. The van der Waals surface area contributed by atoms with E-state index in [1.807, 2.05) is 29.8 Å². The standard InChI is InChI=1S/C22H19N5OS/c1-14-3-4-17(22(28)24-10-15-7-8-29-12-15)9-16(14)5-6-18-11-27(2)21-19(18)20(23)25-13-26-21/h3-4,7-9,11-13H,10H2,1-2H3,(H,24,28)(H2,23,25,26)/i2D3. The van der Waals surface area contributed by atoms with Crippen molar-refractivity contribution >= 4 is 34.1 Å². The molecule has 4 aromatic rings. The van der Waals surface area contributed by atoms with Gasteiger partial charge in [-0.05, 0) is 47.0 Å². The number of carbonyl (C=O) groups excluding carboxylic acids is 1. The number of carbonyl (C=O) groups is 1. The predicted octanol–water partition coefficient (Wildman–Crippen LogP) is 3.25. The van der Waals surface area contributed by atoms with Crippen LogP contribution in [0.2, 0.25) is 0 Å². The van der Waals surface area contributed by atoms with Crippen LogP contribution in [0.4, 0.5) is 5.82 Å². The molecule has 4 rings (SSSR count). The lowest BCUT2D eigenvalue weighted by Gasteiger charge is -2.06. The maximum absolute atomic E-state index is 12.6. The molecule has 0 saturated carbocycles. The minimum atomic E-state index is -2.44. The average Bonchev–Trinajstić information content (AvgIpc) is 3.39. The fourth-order valence-corrected chi connectivity index (χ4v) is 3.56. The Labute approximate surface area is 176 Å². The molecule has 0 bridgehead atoms. The first-order valence-electron chi connectivity index (χ1n) is 10.3. The third-order valence-electron chi connectivity index (χ3n) is 4.48. The van der Waals surface area contributed by atoms with Crippen LogP contribution in [0.1, 0.15) is 36.7 Å². The molecule has 0 fully saturated rings. The topological polar surface area (TPSA) is 85.8 Å². The van der Waals surface area contributed by atoms with Crippen molar-refractivity contribution in [1.82, 2.24) is 19.9 Å². The molecule has 0 aliphatic heterocycles. The predicted molar refractivity (Wildman–Crippen MR) is 116 cm³/mol. The van der Waals surface area contributed by atoms with E-state index in [1.54, 1.807) is 23.5 Å². The number of aryl methyl sites for hydroxylation is 2. The fourth-order valence-electron chi connectivity index (χ4n) is 2.89. The highest BCUT2D eigenvalue weighted by atomic mass is 32.1. The van der Waals surface area contributed by atoms with Crippen LogP contribution in [-0.2, 0) is 13.5 Å². The SMILES string of the molecule is [2H]C([2H])([2H])n1cc(C#Cc2cc(C(=O)NCc3ccsc3)ccc2C)c2c(N)ncnc21. The molecule has 0 spiro atoms. The van der Waals surface area contributed by atoms with Gasteiger partial charge in [-0.2, -0.15) is 11.3 Å². The number of anilines is 1. The first-order valence-corrected chi connectivity index (χ1v) is 9.72. The maximum atomic E-state index is 12.6. The van der Waals surface area contributed by atoms with Gasteiger partial charge in [-0.3, -0.25) is 4.79 Å². The zero-order valence-electron chi connectivity index (χ0n) is 18.6. The molecule has 29 heavy (non-hydrogen) atoms. The molecule has 1 aromatic carbocycles. The first-order chi connectivity index (χ1) is 15.2. The Balaban J connectivity index is 1.67. The summed E-state index contributed by atoms with van der Waals surface area (Å²) in [6.07, 6.45) is 2.63. The molecule has 7 heteroatoms. The van der Waals surface area contributed by atoms with Gasteiger partial charge in [0.1, 0.15) is 17.8 Å². The highest BCUT2D eigenvalue weighted by Gasteiger charge is 2.11. The van der Waals surface area contributed by atoms with Gasteiger partial charge in [0, 0.05) is 35.0 Å². The van der Waals surface area contributed by atoms with Crippen molar-refractivity contribution in [2.45, 2.75) is 13.5 Å². The summed E-state index contributed by atoms with van der Waals surface area (Å²) in [6.45, 7) is -0.0965. The van der Waals surface area contributed by atoms with Crippen molar-refractivity contribution in [1.29, 1.82) is 0 Å². The first kappa shape index (κ1) is 15.3. The Morgan fingerprint density at radius 2 is 2.17 bits per heavy atom. The third-order valence-corrected chi connectivity index (χ3v) is 5.21. The number of nitrogens with two attached hydrogens (primary N) is 1. The summed E-state index contributed by atoms with van der Waals surface area (Å²) in [4.78, 5) is 20.6. The van der Waals surface area contributed by atoms with E-state index in [1.165, 1.54) is 12.5 Å². The van der Waals surface area contributed by atoms with Crippen LogP contribution in [0.25, 0.3) is 11.0 Å². The lowest BCUT2D eigenvalue weighted by molar-refractivity contribution is 0.0951. The Bertz CT molecular complexity index is 1360. The lowest BCUT2D eigenvalue weighted by atomic mass is 10.0. The van der Waals surface area contributed by atoms with Crippen LogP contribution in [-0.4, -0.2) is 20.4 Å². The number of thiophene rings is 1. The summed E-state index contributed by atoms with van der Waals surface area (Å²) < 4.78 is 24.3. The zero-order chi connectivity index (χ0) is 22.9. The summed E-state index contributed by atoms with van der Waals surface area (Å²) in [7, 11) is 0. The van der Waals surface area contributed by atoms with E-state index in [4.69, 9.17) is 9.85 Å². The second-order valence-electron chi connectivity index (χ2n) is 6.46. The molecule has 0 radical (unpaired) electrons. The van der Waals surface area contributed by atoms with Crippen molar-refractivity contribution in [2.75, 3.05) is 5.73 Å². The minimum absolute atomic E-state index is 0.153. The van der Waals surface area contributed by atoms with Crippen molar-refractivity contribution in [2.24, 2.45) is 6.98 Å². The quantitative estimate of drug-likeness (QED) is 0.513. The molecular weight excluding hydrogens is 382 g/mol. The summed E-state index contributed by atoms with van der Waals surface area (Å²) in [5.74, 6) is 5.98. The second-order valence-corrected chi connectivity index (χ2v) is 7.24. The number of aromatic nitrogens is 3. The molecule has 0 saturated heterocycles. The smallest absolute Gasteiger partial charge is 0.251 e. The van der Waals surface area contributed by atoms with Crippen LogP contribution in [0, 0.1) is 18.8 Å². The van der Waals surface area contributed by atoms with Gasteiger partial charge in [0.2, 0.25) is 0 Å². The monoisotopic (exact) mass is 404 g/mol. The van der Waals surface area contributed by atoms with Gasteiger partial charge in [-0.15, -0.1) is 0 Å². The Morgan fingerprint density at radius 1 is 1.31 bits per heavy atom. The normalized spacial score (nSPS) is 12.5. The number of nitrogen functional groups attached to an aromatic ring is 1. The lowest BCUT2D eigenvalue weighted by Crippen LogP contribution is -2.22. The van der Waals surface area contributed by atoms with Crippen molar-refractivity contribution in [3.63, 3.8) is 0 Å². The number of nitrogens with zero attached hydrogens (tertiary/aromatic N) is 3. The Kier molecular flexibility index (Phi) is 4.11. The van der Waals surface area contributed by atoms with E-state index in [-0.39, 0.29) is 17.4 Å². The number of nitrogens with one attached hydrogen (secondary N) is 1. The van der Waals surface area contributed by atoms with Gasteiger partial charge in [0.15, 0.2) is 0 Å². The van der Waals surface area contributed by atoms with E-state index >= 15 is 0 Å².